The molecule has 0 amide bonds. The number of nitrogens with one attached hydrogen (secondary N) is 1. The minimum absolute atomic E-state index is 0.0635. The van der Waals surface area contributed by atoms with Crippen LogP contribution in [0.3, 0.4) is 0 Å². The molecule has 1 aliphatic rings. The van der Waals surface area contributed by atoms with Gasteiger partial charge in [0.1, 0.15) is 12.1 Å². The van der Waals surface area contributed by atoms with E-state index in [4.69, 9.17) is 4.74 Å². The highest BCUT2D eigenvalue weighted by Crippen LogP contribution is 2.27. The highest BCUT2D eigenvalue weighted by Gasteiger charge is 2.29. The molecule has 0 saturated heterocycles. The van der Waals surface area contributed by atoms with Crippen molar-refractivity contribution in [1.82, 2.24) is 9.97 Å². The number of hydrogen-bond donors (Lipinski definition) is 1. The lowest BCUT2D eigenvalue weighted by atomic mass is 9.89. The highest BCUT2D eigenvalue weighted by atomic mass is 16.5. The maximum atomic E-state index is 5.26. The van der Waals surface area contributed by atoms with E-state index in [-0.39, 0.29) is 5.41 Å². The van der Waals surface area contributed by atoms with Crippen LogP contribution < -0.4 is 5.32 Å². The minimum Gasteiger partial charge on any atom is -0.381 e. The van der Waals surface area contributed by atoms with Gasteiger partial charge in [0.05, 0.1) is 11.8 Å². The summed E-state index contributed by atoms with van der Waals surface area (Å²) in [5, 5.41) is 3.42. The van der Waals surface area contributed by atoms with Crippen molar-refractivity contribution in [3.05, 3.63) is 18.1 Å². The molecule has 94 valence electrons. The molecular formula is C13H21N3O. The fourth-order valence-corrected chi connectivity index (χ4v) is 1.93. The Hall–Kier alpha value is -1.16. The minimum atomic E-state index is 0.0635. The zero-order chi connectivity index (χ0) is 12.5. The lowest BCUT2D eigenvalue weighted by Crippen LogP contribution is -2.40. The summed E-state index contributed by atoms with van der Waals surface area (Å²) in [5.41, 5.74) is 1.13. The fourth-order valence-electron chi connectivity index (χ4n) is 1.93. The number of nitrogens with zero attached hydrogens (tertiary/aromatic N) is 2. The van der Waals surface area contributed by atoms with Gasteiger partial charge in [-0.1, -0.05) is 20.8 Å². The molecule has 0 atom stereocenters. The van der Waals surface area contributed by atoms with Crippen LogP contribution in [0.4, 0.5) is 5.82 Å². The van der Waals surface area contributed by atoms with Gasteiger partial charge in [-0.15, -0.1) is 0 Å². The van der Waals surface area contributed by atoms with Crippen LogP contribution in [0.5, 0.6) is 0 Å². The van der Waals surface area contributed by atoms with Crippen LogP contribution in [0.15, 0.2) is 12.4 Å². The van der Waals surface area contributed by atoms with E-state index in [1.165, 1.54) is 0 Å². The number of hydrogen-bond acceptors (Lipinski definition) is 4. The molecule has 0 unspecified atom stereocenters. The second-order valence-electron chi connectivity index (χ2n) is 5.71. The topological polar surface area (TPSA) is 47.0 Å². The third-order valence-electron chi connectivity index (χ3n) is 3.22. The van der Waals surface area contributed by atoms with Crippen LogP contribution in [0.25, 0.3) is 0 Å². The van der Waals surface area contributed by atoms with Gasteiger partial charge in [-0.25, -0.2) is 9.97 Å². The Morgan fingerprint density at radius 1 is 1.29 bits per heavy atom. The van der Waals surface area contributed by atoms with Crippen molar-refractivity contribution >= 4 is 5.82 Å². The molecule has 2 rings (SSSR count). The Balaban J connectivity index is 1.98. The molecule has 1 fully saturated rings. The summed E-state index contributed by atoms with van der Waals surface area (Å²) in [5.74, 6) is 0.921. The van der Waals surface area contributed by atoms with Crippen molar-refractivity contribution in [3.8, 4) is 0 Å². The normalized spacial score (nSPS) is 24.2. The summed E-state index contributed by atoms with van der Waals surface area (Å²) in [6.45, 7) is 6.47. The van der Waals surface area contributed by atoms with Crippen LogP contribution >= 0.6 is 0 Å². The first-order valence-corrected chi connectivity index (χ1v) is 6.11. The summed E-state index contributed by atoms with van der Waals surface area (Å²) in [6, 6.07) is 2.53. The molecule has 4 heteroatoms. The van der Waals surface area contributed by atoms with E-state index in [0.717, 1.165) is 24.4 Å². The molecule has 1 aromatic rings. The molecule has 0 aromatic carbocycles. The molecule has 1 aliphatic carbocycles. The van der Waals surface area contributed by atoms with Crippen molar-refractivity contribution in [3.63, 3.8) is 0 Å². The Kier molecular flexibility index (Phi) is 3.33. The molecule has 1 N–H and O–H groups in total. The van der Waals surface area contributed by atoms with Crippen LogP contribution in [0, 0.1) is 0 Å². The molecule has 1 saturated carbocycles. The molecule has 0 spiro atoms. The predicted octanol–water partition coefficient (Wildman–Crippen LogP) is 2.36. The van der Waals surface area contributed by atoms with E-state index in [9.17, 15) is 0 Å². The van der Waals surface area contributed by atoms with E-state index in [2.05, 4.69) is 36.1 Å². The summed E-state index contributed by atoms with van der Waals surface area (Å²) < 4.78 is 5.26. The van der Waals surface area contributed by atoms with Crippen LogP contribution in [-0.2, 0) is 10.2 Å². The van der Waals surface area contributed by atoms with Gasteiger partial charge in [-0.05, 0) is 12.8 Å². The Labute approximate surface area is 103 Å². The zero-order valence-corrected chi connectivity index (χ0v) is 11.0. The van der Waals surface area contributed by atoms with Gasteiger partial charge in [0.2, 0.25) is 0 Å². The summed E-state index contributed by atoms with van der Waals surface area (Å²) in [4.78, 5) is 8.58. The van der Waals surface area contributed by atoms with Gasteiger partial charge < -0.3 is 10.1 Å². The second kappa shape index (κ2) is 4.61. The monoisotopic (exact) mass is 235 g/mol. The van der Waals surface area contributed by atoms with Crippen LogP contribution in [-0.4, -0.2) is 29.2 Å². The van der Waals surface area contributed by atoms with Gasteiger partial charge >= 0.3 is 0 Å². The van der Waals surface area contributed by atoms with Crippen molar-refractivity contribution in [1.29, 1.82) is 0 Å². The van der Waals surface area contributed by atoms with Crippen LogP contribution in [0.1, 0.15) is 39.3 Å². The third kappa shape index (κ3) is 2.94. The molecule has 17 heavy (non-hydrogen) atoms. The highest BCUT2D eigenvalue weighted by molar-refractivity contribution is 5.38. The molecular weight excluding hydrogens is 214 g/mol. The fraction of sp³-hybridized carbons (Fsp3) is 0.692. The van der Waals surface area contributed by atoms with Crippen molar-refractivity contribution < 1.29 is 4.74 Å². The number of rotatable bonds is 3. The Bertz CT molecular complexity index is 380. The van der Waals surface area contributed by atoms with E-state index in [1.807, 2.05) is 6.07 Å². The largest absolute Gasteiger partial charge is 0.381 e. The average Bonchev–Trinajstić information content (AvgIpc) is 2.22. The second-order valence-corrected chi connectivity index (χ2v) is 5.71. The van der Waals surface area contributed by atoms with Gasteiger partial charge in [-0.2, -0.15) is 0 Å². The quantitative estimate of drug-likeness (QED) is 0.873. The Morgan fingerprint density at radius 3 is 2.59 bits per heavy atom. The molecule has 0 radical (unpaired) electrons. The molecule has 4 nitrogen and oxygen atoms in total. The van der Waals surface area contributed by atoms with E-state index >= 15 is 0 Å². The standard InChI is InChI=1S/C13H21N3O/c1-13(2,3)11-7-12(15-8-14-11)16-9-5-10(6-9)17-4/h7-10H,5-6H2,1-4H3,(H,14,15,16)/t9-,10-. The lowest BCUT2D eigenvalue weighted by molar-refractivity contribution is 0.0328. The van der Waals surface area contributed by atoms with Crippen LogP contribution in [0.2, 0.25) is 0 Å². The number of aromatic nitrogens is 2. The summed E-state index contributed by atoms with van der Waals surface area (Å²) in [7, 11) is 1.77. The smallest absolute Gasteiger partial charge is 0.129 e. The first-order chi connectivity index (χ1) is 7.99. The van der Waals surface area contributed by atoms with Gasteiger partial charge in [0, 0.05) is 24.6 Å². The molecule has 0 bridgehead atoms. The number of anilines is 1. The first-order valence-electron chi connectivity index (χ1n) is 6.11. The van der Waals surface area contributed by atoms with Crippen molar-refractivity contribution in [2.75, 3.05) is 12.4 Å². The van der Waals surface area contributed by atoms with Crippen molar-refractivity contribution in [2.24, 2.45) is 0 Å². The van der Waals surface area contributed by atoms with Gasteiger partial charge in [-0.3, -0.25) is 0 Å². The number of methoxy groups -OCH3 is 1. The summed E-state index contributed by atoms with van der Waals surface area (Å²) in [6.07, 6.45) is 4.17. The molecule has 1 heterocycles. The Morgan fingerprint density at radius 2 is 2.00 bits per heavy atom. The van der Waals surface area contributed by atoms with E-state index in [1.54, 1.807) is 13.4 Å². The maximum Gasteiger partial charge on any atom is 0.129 e. The van der Waals surface area contributed by atoms with Gasteiger partial charge in [0.15, 0.2) is 0 Å². The third-order valence-corrected chi connectivity index (χ3v) is 3.22. The van der Waals surface area contributed by atoms with Crippen molar-refractivity contribution in [2.45, 2.75) is 51.2 Å². The average molecular weight is 235 g/mol. The van der Waals surface area contributed by atoms with E-state index in [0.29, 0.717) is 12.1 Å². The number of ether oxygens (including phenoxy) is 1. The molecule has 0 aliphatic heterocycles. The van der Waals surface area contributed by atoms with Gasteiger partial charge in [0.25, 0.3) is 0 Å². The van der Waals surface area contributed by atoms with E-state index < -0.39 is 0 Å². The predicted molar refractivity (Wildman–Crippen MR) is 68.2 cm³/mol. The molecule has 1 aromatic heterocycles. The summed E-state index contributed by atoms with van der Waals surface area (Å²) >= 11 is 0. The SMILES string of the molecule is CO[C@H]1C[C@H](Nc2cc(C(C)(C)C)ncn2)C1. The first kappa shape index (κ1) is 12.3. The lowest BCUT2D eigenvalue weighted by Gasteiger charge is -2.35. The maximum absolute atomic E-state index is 5.26. The zero-order valence-electron chi connectivity index (χ0n) is 11.0.